The molecular formula is C83H111NO. The smallest absolute Gasteiger partial charge is 0.119 e. The average molecular weight is 1140 g/mol. The molecule has 1 heterocycles. The van der Waals surface area contributed by atoms with Gasteiger partial charge in [-0.15, -0.1) is 0 Å². The number of benzene rings is 8. The number of aryl methyl sites for hydroxylation is 2. The number of hydrogen-bond donors (Lipinski definition) is 0. The van der Waals surface area contributed by atoms with Gasteiger partial charge in [-0.3, -0.25) is 0 Å². The van der Waals surface area contributed by atoms with Gasteiger partial charge in [0, 0.05) is 33.8 Å². The van der Waals surface area contributed by atoms with Crippen LogP contribution in [0.15, 0.2) is 115 Å². The molecule has 0 amide bonds. The van der Waals surface area contributed by atoms with Gasteiger partial charge in [-0.2, -0.15) is 0 Å². The van der Waals surface area contributed by atoms with E-state index in [0.29, 0.717) is 11.8 Å². The highest BCUT2D eigenvalue weighted by molar-refractivity contribution is 6.42. The Morgan fingerprint density at radius 1 is 0.400 bits per heavy atom. The van der Waals surface area contributed by atoms with E-state index in [9.17, 15) is 0 Å². The van der Waals surface area contributed by atoms with Crippen molar-refractivity contribution >= 4 is 54.1 Å². The summed E-state index contributed by atoms with van der Waals surface area (Å²) in [5, 5.41) is 11.4. The first-order valence-electron chi connectivity index (χ1n) is 35.9. The maximum Gasteiger partial charge on any atom is 0.119 e. The summed E-state index contributed by atoms with van der Waals surface area (Å²) < 4.78 is 10.3. The summed E-state index contributed by atoms with van der Waals surface area (Å²) in [5.41, 5.74) is 13.7. The van der Waals surface area contributed by atoms with Gasteiger partial charge in [-0.05, 0) is 147 Å². The zero-order valence-corrected chi connectivity index (χ0v) is 54.4. The molecule has 0 aliphatic heterocycles. The molecule has 2 atom stereocenters. The average Bonchev–Trinajstić information content (AvgIpc) is 1.52. The van der Waals surface area contributed by atoms with Crippen LogP contribution in [0.25, 0.3) is 65.3 Å². The molecule has 0 radical (unpaired) electrons. The van der Waals surface area contributed by atoms with Crippen molar-refractivity contribution in [3.05, 3.63) is 149 Å². The molecule has 0 N–H and O–H groups in total. The lowest BCUT2D eigenvalue weighted by molar-refractivity contribution is 0.224. The Kier molecular flexibility index (Phi) is 23.3. The fraction of sp³-hybridized carbons (Fsp3) is 0.542. The Labute approximate surface area is 516 Å². The van der Waals surface area contributed by atoms with Crippen LogP contribution in [0.4, 0.5) is 0 Å². The fourth-order valence-electron chi connectivity index (χ4n) is 15.9. The molecule has 8 aromatic carbocycles. The molecule has 10 rings (SSSR count). The predicted molar refractivity (Wildman–Crippen MR) is 373 cm³/mol. The zero-order chi connectivity index (χ0) is 58.8. The van der Waals surface area contributed by atoms with Crippen LogP contribution in [0.2, 0.25) is 0 Å². The van der Waals surface area contributed by atoms with E-state index in [1.54, 1.807) is 0 Å². The lowest BCUT2D eigenvalue weighted by Crippen LogP contribution is -2.30. The third kappa shape index (κ3) is 14.0. The van der Waals surface area contributed by atoms with Crippen LogP contribution >= 0.6 is 0 Å². The zero-order valence-electron chi connectivity index (χ0n) is 54.4. The number of ether oxygens (including phenoxy) is 1. The van der Waals surface area contributed by atoms with Gasteiger partial charge in [-0.1, -0.05) is 306 Å². The highest BCUT2D eigenvalue weighted by atomic mass is 16.5. The number of nitrogens with zero attached hydrogens (tertiary/aromatic N) is 1. The van der Waals surface area contributed by atoms with E-state index >= 15 is 0 Å². The van der Waals surface area contributed by atoms with Gasteiger partial charge in [0.1, 0.15) is 5.75 Å². The first kappa shape index (κ1) is 62.7. The van der Waals surface area contributed by atoms with Crippen LogP contribution in [0.3, 0.4) is 0 Å². The van der Waals surface area contributed by atoms with E-state index in [1.165, 1.54) is 304 Å². The molecule has 1 aliphatic carbocycles. The van der Waals surface area contributed by atoms with Gasteiger partial charge < -0.3 is 9.30 Å². The van der Waals surface area contributed by atoms with E-state index in [-0.39, 0.29) is 0 Å². The van der Waals surface area contributed by atoms with E-state index in [1.807, 2.05) is 0 Å². The van der Waals surface area contributed by atoms with Gasteiger partial charge in [0.05, 0.1) is 17.5 Å². The van der Waals surface area contributed by atoms with Crippen molar-refractivity contribution in [3.63, 3.8) is 0 Å². The van der Waals surface area contributed by atoms with Gasteiger partial charge in [0.15, 0.2) is 0 Å². The summed E-state index contributed by atoms with van der Waals surface area (Å²) in [6.07, 6.45) is 44.2. The minimum Gasteiger partial charge on any atom is -0.493 e. The second-order valence-electron chi connectivity index (χ2n) is 27.0. The Bertz CT molecular complexity index is 3350. The highest BCUT2D eigenvalue weighted by Crippen LogP contribution is 2.63. The number of fused-ring (bicyclic) bond motifs is 6. The van der Waals surface area contributed by atoms with Crippen molar-refractivity contribution in [1.82, 2.24) is 4.57 Å². The second kappa shape index (κ2) is 31.5. The molecule has 0 saturated carbocycles. The van der Waals surface area contributed by atoms with E-state index in [0.717, 1.165) is 31.7 Å². The predicted octanol–water partition coefficient (Wildman–Crippen LogP) is 25.8. The molecule has 0 saturated heterocycles. The normalized spacial score (nSPS) is 13.8. The molecule has 454 valence electrons. The van der Waals surface area contributed by atoms with Crippen molar-refractivity contribution in [2.75, 3.05) is 6.61 Å². The molecule has 9 aromatic rings. The Hall–Kier alpha value is -5.34. The van der Waals surface area contributed by atoms with E-state index in [4.69, 9.17) is 4.74 Å². The molecule has 85 heavy (non-hydrogen) atoms. The lowest BCUT2D eigenvalue weighted by atomic mass is 9.66. The highest BCUT2D eigenvalue weighted by Gasteiger charge is 2.50. The van der Waals surface area contributed by atoms with Crippen LogP contribution in [0, 0.1) is 11.8 Å². The van der Waals surface area contributed by atoms with Crippen LogP contribution in [-0.2, 0) is 24.8 Å². The summed E-state index contributed by atoms with van der Waals surface area (Å²) >= 11 is 0. The molecule has 0 spiro atoms. The maximum atomic E-state index is 7.36. The first-order chi connectivity index (χ1) is 42.0. The Balaban J connectivity index is 1.22. The minimum atomic E-state index is -0.619. The Morgan fingerprint density at radius 2 is 0.871 bits per heavy atom. The van der Waals surface area contributed by atoms with Gasteiger partial charge >= 0.3 is 0 Å². The second-order valence-corrected chi connectivity index (χ2v) is 27.0. The van der Waals surface area contributed by atoms with Crippen molar-refractivity contribution in [2.24, 2.45) is 11.8 Å². The molecule has 1 aromatic heterocycles. The summed E-state index contributed by atoms with van der Waals surface area (Å²) in [7, 11) is 0. The number of aromatic nitrogens is 1. The molecule has 2 unspecified atom stereocenters. The van der Waals surface area contributed by atoms with Gasteiger partial charge in [0.25, 0.3) is 0 Å². The largest absolute Gasteiger partial charge is 0.493 e. The summed E-state index contributed by atoms with van der Waals surface area (Å²) in [5.74, 6) is 2.19. The lowest BCUT2D eigenvalue weighted by Gasteiger charge is -2.35. The molecule has 0 bridgehead atoms. The first-order valence-corrected chi connectivity index (χ1v) is 35.9. The minimum absolute atomic E-state index is 0.567. The van der Waals surface area contributed by atoms with Crippen molar-refractivity contribution in [2.45, 2.75) is 272 Å². The van der Waals surface area contributed by atoms with Gasteiger partial charge in [-0.25, -0.2) is 0 Å². The van der Waals surface area contributed by atoms with E-state index < -0.39 is 5.41 Å². The standard InChI is InChI=1S/C83H111NO/c1-7-13-19-25-27-33-40-64(39-31-23-17-11-5)60-84-75-58-51-66-43-35-44-70-71-45-36-46-73-77(71)80(79(75)76(66)70)82(84)81-78(73)72-57-56-69(85-61-65(41-32-24-18-12-6)42-34-28-26-20-14-8-2)59-74(72)83(81,67-52-47-62(48-53-67)37-29-21-15-9-3)68-54-49-63(50-55-68)38-30-22-16-10-4/h35-36,43-59,64-65H,7-34,37-42,60-61H2,1-6H3. The van der Waals surface area contributed by atoms with Crippen molar-refractivity contribution < 1.29 is 4.74 Å². The third-order valence-electron chi connectivity index (χ3n) is 20.7. The molecule has 2 nitrogen and oxygen atoms in total. The molecule has 2 heteroatoms. The van der Waals surface area contributed by atoms with Crippen LogP contribution in [0.1, 0.15) is 280 Å². The van der Waals surface area contributed by atoms with Crippen molar-refractivity contribution in [1.29, 1.82) is 0 Å². The molecule has 1 aliphatic rings. The summed E-state index contributed by atoms with van der Waals surface area (Å²) in [6, 6.07) is 47.4. The molecule has 0 fully saturated rings. The van der Waals surface area contributed by atoms with Crippen molar-refractivity contribution in [3.8, 4) is 16.9 Å². The topological polar surface area (TPSA) is 14.2 Å². The quantitative estimate of drug-likeness (QED) is 0.0212. The SMILES string of the molecule is CCCCCCCCC(CCCCCC)COc1ccc2c(c1)C(c1ccc(CCCCCC)cc1)(c1ccc(CCCCCC)cc1)c1c-2c2cccc3c4cccc5ccc6c(c54)c(c23)c1n6CC(CCCCCC)CCCCCCCC. The van der Waals surface area contributed by atoms with Crippen LogP contribution < -0.4 is 4.74 Å². The third-order valence-corrected chi connectivity index (χ3v) is 20.7. The van der Waals surface area contributed by atoms with Crippen LogP contribution in [0.5, 0.6) is 5.75 Å². The maximum absolute atomic E-state index is 7.36. The number of hydrogen-bond acceptors (Lipinski definition) is 1. The fourth-order valence-corrected chi connectivity index (χ4v) is 15.9. The monoisotopic (exact) mass is 1140 g/mol. The number of unbranched alkanes of at least 4 members (excludes halogenated alkanes) is 22. The van der Waals surface area contributed by atoms with E-state index in [2.05, 4.69) is 161 Å². The Morgan fingerprint density at radius 3 is 1.42 bits per heavy atom. The summed E-state index contributed by atoms with van der Waals surface area (Å²) in [4.78, 5) is 0. The van der Waals surface area contributed by atoms with Crippen LogP contribution in [-0.4, -0.2) is 11.2 Å². The number of rotatable bonds is 41. The molecular weight excluding hydrogens is 1030 g/mol. The summed E-state index contributed by atoms with van der Waals surface area (Å²) in [6.45, 7) is 15.9. The van der Waals surface area contributed by atoms with Gasteiger partial charge in [0.2, 0.25) is 0 Å².